The second kappa shape index (κ2) is 12.5. The van der Waals surface area contributed by atoms with Crippen LogP contribution < -0.4 is 11.5 Å². The third-order valence-electron chi connectivity index (χ3n) is 3.19. The summed E-state index contributed by atoms with van der Waals surface area (Å²) in [4.78, 5) is 9.53. The highest BCUT2D eigenvalue weighted by Gasteiger charge is 2.15. The molecule has 4 aromatic rings. The van der Waals surface area contributed by atoms with E-state index in [-0.39, 0.29) is 10.8 Å². The van der Waals surface area contributed by atoms with Crippen molar-refractivity contribution in [2.24, 2.45) is 28.2 Å². The van der Waals surface area contributed by atoms with Crippen LogP contribution in [0.4, 0.5) is 17.2 Å². The Morgan fingerprint density at radius 1 is 0.812 bits per heavy atom. The van der Waals surface area contributed by atoms with Gasteiger partial charge in [0, 0.05) is 46.8 Å². The summed E-state index contributed by atoms with van der Waals surface area (Å²) in [5, 5.41) is 25.9. The highest BCUT2D eigenvalue weighted by atomic mass is 35.5. The number of hydrogen-bond donors (Lipinski definition) is 2. The van der Waals surface area contributed by atoms with Crippen molar-refractivity contribution in [3.05, 3.63) is 62.5 Å². The second-order valence-corrected chi connectivity index (χ2v) is 7.11. The zero-order valence-electron chi connectivity index (χ0n) is 17.6. The average molecular weight is 507 g/mol. The van der Waals surface area contributed by atoms with Crippen LogP contribution in [0.2, 0.25) is 15.5 Å². The topological polar surface area (TPSA) is 166 Å². The molecule has 0 saturated heterocycles. The van der Waals surface area contributed by atoms with Crippen molar-refractivity contribution in [3.8, 4) is 0 Å². The Balaban J connectivity index is 0.000000216. The zero-order valence-corrected chi connectivity index (χ0v) is 19.9. The maximum atomic E-state index is 10.1. The molecule has 0 atom stereocenters. The lowest BCUT2D eigenvalue weighted by Crippen LogP contribution is -1.89. The minimum Gasteiger partial charge on any atom is -0.395 e. The molecule has 174 valence electrons. The van der Waals surface area contributed by atoms with Gasteiger partial charge in [0.1, 0.15) is 12.0 Å². The van der Waals surface area contributed by atoms with Crippen LogP contribution in [0.1, 0.15) is 0 Å². The number of nitro groups is 1. The normalized spacial score (nSPS) is 9.59. The predicted molar refractivity (Wildman–Crippen MR) is 123 cm³/mol. The van der Waals surface area contributed by atoms with E-state index in [9.17, 15) is 10.1 Å². The molecule has 0 spiro atoms. The van der Waals surface area contributed by atoms with Crippen LogP contribution in [-0.2, 0) is 28.2 Å². The molecule has 0 aliphatic heterocycles. The van der Waals surface area contributed by atoms with Gasteiger partial charge < -0.3 is 11.5 Å². The van der Waals surface area contributed by atoms with E-state index in [2.05, 4.69) is 20.4 Å². The van der Waals surface area contributed by atoms with Crippen LogP contribution in [0, 0.1) is 10.1 Å². The van der Waals surface area contributed by atoms with Crippen molar-refractivity contribution in [2.75, 3.05) is 11.5 Å². The fourth-order valence-corrected chi connectivity index (χ4v) is 2.45. The average Bonchev–Trinajstić information content (AvgIpc) is 3.41. The second-order valence-electron chi connectivity index (χ2n) is 6.01. The first kappa shape index (κ1) is 26.7. The van der Waals surface area contributed by atoms with Gasteiger partial charge in [0.05, 0.1) is 10.6 Å². The van der Waals surface area contributed by atoms with E-state index < -0.39 is 4.92 Å². The molecule has 4 N–H and O–H groups in total. The summed E-state index contributed by atoms with van der Waals surface area (Å²) < 4.78 is 6.18. The van der Waals surface area contributed by atoms with Gasteiger partial charge in [0.15, 0.2) is 10.3 Å². The van der Waals surface area contributed by atoms with E-state index in [4.69, 9.17) is 46.3 Å². The van der Waals surface area contributed by atoms with Crippen molar-refractivity contribution < 1.29 is 4.92 Å². The molecule has 0 radical (unpaired) electrons. The van der Waals surface area contributed by atoms with Crippen LogP contribution in [0.25, 0.3) is 0 Å². The maximum absolute atomic E-state index is 10.1. The largest absolute Gasteiger partial charge is 0.395 e. The van der Waals surface area contributed by atoms with Gasteiger partial charge in [-0.25, -0.2) is 0 Å². The van der Waals surface area contributed by atoms with E-state index in [1.807, 2.05) is 14.1 Å². The highest BCUT2D eigenvalue weighted by molar-refractivity contribution is 6.31. The molecule has 0 fully saturated rings. The van der Waals surface area contributed by atoms with Gasteiger partial charge >= 0.3 is 5.69 Å². The Morgan fingerprint density at radius 3 is 1.50 bits per heavy atom. The number of nitrogens with zero attached hydrogens (tertiary/aromatic N) is 9. The van der Waals surface area contributed by atoms with Gasteiger partial charge in [-0.05, 0) is 12.1 Å². The van der Waals surface area contributed by atoms with Crippen molar-refractivity contribution >= 4 is 52.0 Å². The molecule has 0 aliphatic carbocycles. The van der Waals surface area contributed by atoms with Gasteiger partial charge in [-0.3, -0.25) is 28.8 Å². The first-order chi connectivity index (χ1) is 14.9. The number of aromatic nitrogens is 8. The minimum absolute atomic E-state index is 0.0764. The molecule has 0 bridgehead atoms. The Kier molecular flexibility index (Phi) is 10.5. The first-order valence-electron chi connectivity index (χ1n) is 8.57. The molecule has 4 rings (SSSR count). The number of hydrogen-bond acceptors (Lipinski definition) is 8. The summed E-state index contributed by atoms with van der Waals surface area (Å²) in [5.74, 6) is 0.572. The SMILES string of the molecule is Cn1cc(N)c(Cl)n1.Cn1cc([N+](=O)[O-])c(Cl)n1.Cn1ccc(Cl)n1.Cn1ccc(N)n1. The molecular weight excluding hydrogens is 485 g/mol. The maximum Gasteiger partial charge on any atom is 0.325 e. The van der Waals surface area contributed by atoms with Crippen molar-refractivity contribution in [3.63, 3.8) is 0 Å². The van der Waals surface area contributed by atoms with E-state index in [0.29, 0.717) is 21.8 Å². The smallest absolute Gasteiger partial charge is 0.325 e. The summed E-state index contributed by atoms with van der Waals surface area (Å²) in [5.41, 5.74) is 10.9. The number of nitrogen functional groups attached to an aromatic ring is 2. The van der Waals surface area contributed by atoms with E-state index in [0.717, 1.165) is 0 Å². The number of aryl methyl sites for hydroxylation is 4. The molecule has 0 aromatic carbocycles. The minimum atomic E-state index is -0.574. The Morgan fingerprint density at radius 2 is 1.34 bits per heavy atom. The molecule has 0 aliphatic rings. The Bertz CT molecular complexity index is 1040. The predicted octanol–water partition coefficient (Wildman–Crippen LogP) is 2.71. The van der Waals surface area contributed by atoms with Crippen LogP contribution in [0.5, 0.6) is 0 Å². The first-order valence-corrected chi connectivity index (χ1v) is 9.70. The van der Waals surface area contributed by atoms with Crippen LogP contribution in [0.3, 0.4) is 0 Å². The monoisotopic (exact) mass is 505 g/mol. The van der Waals surface area contributed by atoms with Gasteiger partial charge in [0.25, 0.3) is 0 Å². The van der Waals surface area contributed by atoms with E-state index >= 15 is 0 Å². The Labute approximate surface area is 198 Å². The lowest BCUT2D eigenvalue weighted by Gasteiger charge is -1.80. The number of nitrogens with two attached hydrogens (primary N) is 2. The number of halogens is 3. The standard InChI is InChI=1S/C4H4ClN3O2.C4H6ClN3.C4H5ClN2.C4H7N3/c1-7-2-3(8(9)10)4(5)6-7;1-8-2-3(6)4(5)7-8;2*1-7-3-2-4(5)6-7/h2H,1H3;2H,6H2,1H3;2-3H,1H3;2-3H,1H3,(H2,5,6). The molecule has 32 heavy (non-hydrogen) atoms. The molecule has 0 unspecified atom stereocenters. The third-order valence-corrected chi connectivity index (χ3v) is 3.95. The van der Waals surface area contributed by atoms with Gasteiger partial charge in [0.2, 0.25) is 5.15 Å². The summed E-state index contributed by atoms with van der Waals surface area (Å²) in [6.45, 7) is 0. The summed E-state index contributed by atoms with van der Waals surface area (Å²) in [6.07, 6.45) is 6.50. The lowest BCUT2D eigenvalue weighted by atomic mass is 10.6. The molecule has 4 aromatic heterocycles. The lowest BCUT2D eigenvalue weighted by molar-refractivity contribution is -0.384. The molecule has 4 heterocycles. The summed E-state index contributed by atoms with van der Waals surface area (Å²) >= 11 is 16.3. The van der Waals surface area contributed by atoms with Crippen molar-refractivity contribution in [2.45, 2.75) is 0 Å². The van der Waals surface area contributed by atoms with Crippen LogP contribution >= 0.6 is 34.8 Å². The molecule has 16 heteroatoms. The summed E-state index contributed by atoms with van der Waals surface area (Å²) in [7, 11) is 6.99. The molecular formula is C16H22Cl3N11O2. The quantitative estimate of drug-likeness (QED) is 0.293. The van der Waals surface area contributed by atoms with Crippen molar-refractivity contribution in [1.29, 1.82) is 0 Å². The fraction of sp³-hybridized carbons (Fsp3) is 0.250. The Hall–Kier alpha value is -3.29. The van der Waals surface area contributed by atoms with Gasteiger partial charge in [-0.1, -0.05) is 34.8 Å². The molecule has 0 amide bonds. The summed E-state index contributed by atoms with van der Waals surface area (Å²) in [6, 6.07) is 3.49. The van der Waals surface area contributed by atoms with E-state index in [1.54, 1.807) is 58.9 Å². The molecule has 13 nitrogen and oxygen atoms in total. The van der Waals surface area contributed by atoms with Gasteiger partial charge in [-0.2, -0.15) is 20.4 Å². The van der Waals surface area contributed by atoms with Crippen molar-refractivity contribution in [1.82, 2.24) is 39.1 Å². The van der Waals surface area contributed by atoms with E-state index in [1.165, 1.54) is 10.9 Å². The number of rotatable bonds is 1. The highest BCUT2D eigenvalue weighted by Crippen LogP contribution is 2.20. The van der Waals surface area contributed by atoms with Crippen LogP contribution in [0.15, 0.2) is 36.9 Å². The number of anilines is 2. The van der Waals surface area contributed by atoms with Gasteiger partial charge in [-0.15, -0.1) is 0 Å². The third kappa shape index (κ3) is 9.68. The zero-order chi connectivity index (χ0) is 24.4. The fourth-order valence-electron chi connectivity index (χ4n) is 1.87. The van der Waals surface area contributed by atoms with Crippen LogP contribution in [-0.4, -0.2) is 44.0 Å². The molecule has 0 saturated carbocycles.